The van der Waals surface area contributed by atoms with Crippen molar-refractivity contribution in [3.63, 3.8) is 0 Å². The van der Waals surface area contributed by atoms with Crippen LogP contribution in [0, 0.1) is 77.5 Å². The number of rotatable bonds is 17. The van der Waals surface area contributed by atoms with Gasteiger partial charge < -0.3 is 47.9 Å². The van der Waals surface area contributed by atoms with Crippen LogP contribution in [0.4, 0.5) is 0 Å². The Morgan fingerprint density at radius 3 is 0.992 bits per heavy atom. The van der Waals surface area contributed by atoms with E-state index >= 15 is 0 Å². The Balaban J connectivity index is 0.00000139. The minimum Gasteiger partial charge on any atom is -0.458 e. The molecular weight excluding hydrogens is 1970 g/mol. The average molecular weight is 2090 g/mol. The molecule has 5 aliphatic rings. The van der Waals surface area contributed by atoms with Crippen molar-refractivity contribution in [2.45, 2.75) is 143 Å². The van der Waals surface area contributed by atoms with E-state index in [0.717, 1.165) is 25.6 Å². The Bertz CT molecular complexity index is 4180. The Hall–Kier alpha value is -2.09. The molecule has 18 heteroatoms. The van der Waals surface area contributed by atoms with Crippen LogP contribution in [0.25, 0.3) is 0 Å². The summed E-state index contributed by atoms with van der Waals surface area (Å²) in [4.78, 5) is 51.3. The largest absolute Gasteiger partial charge is 0.458 e. The zero-order chi connectivity index (χ0) is 81.3. The molecule has 2 aliphatic heterocycles. The fourth-order valence-corrected chi connectivity index (χ4v) is 27.8. The molecule has 14 rings (SSSR count). The fourth-order valence-electron chi connectivity index (χ4n) is 14.9. The van der Waals surface area contributed by atoms with E-state index < -0.39 is 26.0 Å². The van der Waals surface area contributed by atoms with Gasteiger partial charge >= 0.3 is 180 Å². The van der Waals surface area contributed by atoms with E-state index in [-0.39, 0.29) is 243 Å². The van der Waals surface area contributed by atoms with Crippen LogP contribution < -0.4 is 52.8 Å². The van der Waals surface area contributed by atoms with E-state index in [1.54, 1.807) is 27.7 Å². The first-order chi connectivity index (χ1) is 52.7. The van der Waals surface area contributed by atoms with Gasteiger partial charge in [-0.25, -0.2) is 6.08 Å². The molecule has 3 saturated carbocycles. The van der Waals surface area contributed by atoms with Crippen molar-refractivity contribution in [3.8, 4) is 0 Å². The van der Waals surface area contributed by atoms with Crippen molar-refractivity contribution in [2.24, 2.45) is 39.4 Å². The van der Waals surface area contributed by atoms with Gasteiger partial charge in [0.15, 0.2) is 0 Å². The molecule has 1 saturated heterocycles. The van der Waals surface area contributed by atoms with E-state index in [4.69, 9.17) is 22.2 Å². The van der Waals surface area contributed by atoms with Crippen LogP contribution in [0.3, 0.4) is 0 Å². The number of ketones is 4. The van der Waals surface area contributed by atoms with Gasteiger partial charge in [-0.2, -0.15) is 53.7 Å². The third kappa shape index (κ3) is 29.5. The first kappa shape index (κ1) is 116. The van der Waals surface area contributed by atoms with Gasteiger partial charge in [-0.15, -0.1) is 12.0 Å². The Morgan fingerprint density at radius 2 is 0.831 bits per heavy atom. The third-order valence-corrected chi connectivity index (χ3v) is 36.4. The normalized spacial score (nSPS) is 21.7. The van der Waals surface area contributed by atoms with Crippen LogP contribution in [-0.2, 0) is 230 Å². The predicted octanol–water partition coefficient (Wildman–Crippen LogP) is 19.3. The second-order valence-corrected chi connectivity index (χ2v) is 41.6. The molecule has 614 valence electrons. The van der Waals surface area contributed by atoms with Gasteiger partial charge in [0.25, 0.3) is 0 Å². The van der Waals surface area contributed by atoms with Crippen LogP contribution in [0.15, 0.2) is 309 Å². The summed E-state index contributed by atoms with van der Waals surface area (Å²) >= 11 is 0. The molecule has 0 spiro atoms. The van der Waals surface area contributed by atoms with Gasteiger partial charge in [-0.05, 0) is 93.1 Å². The molecule has 4 fully saturated rings. The summed E-state index contributed by atoms with van der Waals surface area (Å²) in [5.41, 5.74) is -0.150. The summed E-state index contributed by atoms with van der Waals surface area (Å²) in [6, 6.07) is 95.7. The Labute approximate surface area is 861 Å². The van der Waals surface area contributed by atoms with Crippen LogP contribution in [0.2, 0.25) is 0 Å². The first-order valence-electron chi connectivity index (χ1n) is 38.2. The van der Waals surface area contributed by atoms with Gasteiger partial charge in [0.2, 0.25) is 0 Å². The maximum atomic E-state index is 12.3. The third-order valence-electron chi connectivity index (χ3n) is 22.7. The standard InChI is InChI=1S/C27H30O2P.2C19H17P.C9H15O.C8H13O.C7H11O.2C5H7O2.CH4.6Y/c1-21(28)20-27(4)22(2)29-30(23(27)3,24-14-8-5-9-15-24,25-16-10-6-11-17-25)26-18-12-7-13-19-26;2*1-20(17-11-5-2-6-12-17,18-13-7-3-8-14-18)19-15-9-4-10-16-19;1-6-8(3,4)9(6,5)7(2)10;1-6-4-8(6,3)5-7(2)9;1-5-3-7(5)4-6(2)8;1-5-3-2-4-6-7-5;1-5(7)3-2-4-6;;;;;;;/h5-20,23,28H,1-4H3;2*2-16H,1H2;1-5H3;4,6H,5H2,1-3H3;3,5,7H,4H2,1-2H3;2-5H,1H3;2-4,6H,1H3;1H4;;;;;;/q-1;;;5*-1;;;;;;;/p-1/b21-20-;;;;;;;3-2-;;;;;;;/t23?,27-;;;9-;6-,8+;5-,7-;5-;;;;;;;;/m0..1010......../s1. The number of benzene rings is 9. The Kier molecular flexibility index (Phi) is 53.2. The van der Waals surface area contributed by atoms with E-state index in [9.17, 15) is 24.3 Å². The van der Waals surface area contributed by atoms with Crippen molar-refractivity contribution in [1.82, 2.24) is 0 Å². The topological polar surface area (TPSA) is 139 Å². The molecule has 3 aliphatic carbocycles. The average Bonchev–Trinajstić information content (AvgIpc) is 1.47. The summed E-state index contributed by atoms with van der Waals surface area (Å²) in [5, 5.41) is 31.7. The summed E-state index contributed by atoms with van der Waals surface area (Å²) in [7, 11) is 0. The van der Waals surface area contributed by atoms with Crippen LogP contribution in [0.1, 0.15) is 131 Å². The summed E-state index contributed by atoms with van der Waals surface area (Å²) in [6.07, 6.45) is 24.5. The molecule has 9 nitrogen and oxygen atoms in total. The van der Waals surface area contributed by atoms with Gasteiger partial charge in [-0.1, -0.05) is 250 Å². The van der Waals surface area contributed by atoms with Crippen molar-refractivity contribution in [3.05, 3.63) is 347 Å². The smallest absolute Gasteiger partial charge is 0.127 e. The molecule has 9 aromatic carbocycles. The second kappa shape index (κ2) is 54.2. The second-order valence-electron chi connectivity index (χ2n) is 30.5. The molecule has 6 radical (unpaired) electrons. The van der Waals surface area contributed by atoms with E-state index in [0.29, 0.717) is 35.1 Å². The van der Waals surface area contributed by atoms with E-state index in [2.05, 4.69) is 333 Å². The maximum absolute atomic E-state index is 12.3. The summed E-state index contributed by atoms with van der Waals surface area (Å²) in [5.74, 6) is 4.23. The number of hydrogen-bond donors (Lipinski definition) is 1. The monoisotopic (exact) mass is 2090 g/mol. The van der Waals surface area contributed by atoms with Gasteiger partial charge in [0.05, 0.1) is 5.78 Å². The van der Waals surface area contributed by atoms with E-state index in [1.807, 2.05) is 57.2 Å². The number of hydrogen-bond acceptors (Lipinski definition) is 9. The molecule has 0 amide bonds. The molecule has 0 bridgehead atoms. The molecule has 9 aromatic rings. The quantitative estimate of drug-likeness (QED) is 0.0310. The molecule has 8 atom stereocenters. The zero-order valence-electron chi connectivity index (χ0n) is 71.4. The fraction of sp³-hybridized carbons (Fsp3) is 0.280. The van der Waals surface area contributed by atoms with E-state index in [1.165, 1.54) is 79.3 Å². The molecule has 0 aromatic heterocycles. The molecule has 2 heterocycles. The van der Waals surface area contributed by atoms with Gasteiger partial charge in [0, 0.05) is 202 Å². The van der Waals surface area contributed by atoms with Crippen molar-refractivity contribution in [1.29, 1.82) is 0 Å². The number of allylic oxidation sites excluding steroid dienone is 2. The Morgan fingerprint density at radius 1 is 0.534 bits per heavy atom. The summed E-state index contributed by atoms with van der Waals surface area (Å²) < 4.78 is 7.29. The van der Waals surface area contributed by atoms with Gasteiger partial charge in [0.1, 0.15) is 17.3 Å². The predicted molar refractivity (Wildman–Crippen MR) is 479 cm³/mol. The zero-order valence-corrected chi connectivity index (χ0v) is 91.1. The van der Waals surface area contributed by atoms with Crippen molar-refractivity contribution < 1.29 is 240 Å². The van der Waals surface area contributed by atoms with Crippen LogP contribution in [-0.4, -0.2) is 52.6 Å². The van der Waals surface area contributed by atoms with Crippen LogP contribution in [0.5, 0.6) is 0 Å². The molecule has 1 unspecified atom stereocenters. The first-order valence-corrected chi connectivity index (χ1v) is 44.3. The minimum absolute atomic E-state index is 0. The van der Waals surface area contributed by atoms with Gasteiger partial charge in [-0.3, -0.25) is 4.89 Å². The number of carbonyl (C=O) groups is 4. The minimum atomic E-state index is -3.42. The number of aliphatic hydroxyl groups is 1. The maximum Gasteiger partial charge on any atom is 0.127 e. The van der Waals surface area contributed by atoms with Crippen LogP contribution >= 0.6 is 20.6 Å². The summed E-state index contributed by atoms with van der Waals surface area (Å²) in [6.45, 7) is 26.5. The SMILES string of the molecule is C.C/C([O-])=C/[C@@]1(C)[C-](C)OP(c2ccccc2)(c2ccccc2)(c2ccccc2)C1C.C=P(c1ccccc1)(c1ccccc1)c1ccccc1.C=P(c1ccccc1)(c1ccccc1)c1ccccc1.CC(=O)/C=C\[CH-]O.CC(=O)C[C@@]1(C)[CH-][C@@H]1C.CC(=O)C[C@H]1[CH-][C@H]1C.CC(=O)[C@@]1(C)[C-](C)C1(C)C.C[C@H]1C=C[CH-]OO1.[Y].[Y].[Y].[Y].[Y].[Y]. The molecule has 1 N–H and O–H groups in total. The number of carbonyl (C=O) groups excluding carboxylic acids is 4. The number of aliphatic hydroxyl groups excluding tert-OH is 1. The molecular formula is C100H120O9P3Y6-7. The number of Topliss-reactive ketones (excluding diaryl/α,β-unsaturated/α-hetero) is 3. The molecule has 118 heavy (non-hydrogen) atoms. The van der Waals surface area contributed by atoms with Crippen molar-refractivity contribution >= 4 is 104 Å². The van der Waals surface area contributed by atoms with Crippen molar-refractivity contribution in [2.75, 3.05) is 0 Å².